The third-order valence-electron chi connectivity index (χ3n) is 4.54. The molecule has 0 radical (unpaired) electrons. The molecule has 0 aromatic heterocycles. The van der Waals surface area contributed by atoms with Crippen LogP contribution in [0.4, 0.5) is 5.69 Å². The molecule has 1 aliphatic heterocycles. The third kappa shape index (κ3) is 5.79. The monoisotopic (exact) mass is 375 g/mol. The van der Waals surface area contributed by atoms with Gasteiger partial charge in [0.15, 0.2) is 0 Å². The van der Waals surface area contributed by atoms with Crippen molar-refractivity contribution in [3.8, 4) is 0 Å². The molecule has 27 heavy (non-hydrogen) atoms. The largest absolute Gasteiger partial charge is 0.340 e. The number of carbonyl (C=O) groups excluding carboxylic acids is 3. The molecule has 1 unspecified atom stereocenters. The predicted octanol–water partition coefficient (Wildman–Crippen LogP) is 2.63. The van der Waals surface area contributed by atoms with Gasteiger partial charge >= 0.3 is 0 Å². The summed E-state index contributed by atoms with van der Waals surface area (Å²) in [4.78, 5) is 38.6. The number of nitrogens with one attached hydrogen (secondary N) is 2. The lowest BCUT2D eigenvalue weighted by atomic mass is 9.87. The Morgan fingerprint density at radius 3 is 2.56 bits per heavy atom. The van der Waals surface area contributed by atoms with Crippen molar-refractivity contribution in [3.63, 3.8) is 0 Å². The second kappa shape index (κ2) is 8.99. The molecule has 2 rings (SSSR count). The zero-order valence-corrected chi connectivity index (χ0v) is 16.2. The van der Waals surface area contributed by atoms with Crippen LogP contribution in [0.15, 0.2) is 24.3 Å². The van der Waals surface area contributed by atoms with Gasteiger partial charge in [0.2, 0.25) is 11.8 Å². The Morgan fingerprint density at radius 1 is 1.19 bits per heavy atom. The van der Waals surface area contributed by atoms with Gasteiger partial charge in [0.25, 0.3) is 5.91 Å². The number of rotatable bonds is 7. The first kappa shape index (κ1) is 20.9. The highest BCUT2D eigenvalue weighted by molar-refractivity contribution is 6.10. The maximum Gasteiger partial charge on any atom is 0.254 e. The Kier molecular flexibility index (Phi) is 6.96. The number of para-hydroxylation sites is 1. The van der Waals surface area contributed by atoms with Crippen LogP contribution in [-0.2, 0) is 9.59 Å². The maximum atomic E-state index is 13.2. The van der Waals surface area contributed by atoms with E-state index in [1.807, 2.05) is 26.8 Å². The van der Waals surface area contributed by atoms with Crippen molar-refractivity contribution in [3.05, 3.63) is 29.8 Å². The molecule has 3 amide bonds. The van der Waals surface area contributed by atoms with E-state index < -0.39 is 11.9 Å². The van der Waals surface area contributed by atoms with Crippen LogP contribution in [0.2, 0.25) is 0 Å². The van der Waals surface area contributed by atoms with Gasteiger partial charge in [-0.25, -0.2) is 5.48 Å². The highest BCUT2D eigenvalue weighted by Crippen LogP contribution is 2.29. The molecule has 0 saturated carbocycles. The first-order chi connectivity index (χ1) is 12.7. The lowest BCUT2D eigenvalue weighted by molar-refractivity contribution is -0.129. The molecule has 1 heterocycles. The van der Waals surface area contributed by atoms with Gasteiger partial charge < -0.3 is 10.2 Å². The van der Waals surface area contributed by atoms with E-state index in [9.17, 15) is 14.4 Å². The van der Waals surface area contributed by atoms with Crippen molar-refractivity contribution in [2.75, 3.05) is 11.4 Å². The Labute approximate surface area is 160 Å². The van der Waals surface area contributed by atoms with E-state index in [0.717, 1.165) is 6.42 Å². The van der Waals surface area contributed by atoms with Gasteiger partial charge in [0.05, 0.1) is 11.3 Å². The van der Waals surface area contributed by atoms with Crippen molar-refractivity contribution in [1.29, 1.82) is 0 Å². The summed E-state index contributed by atoms with van der Waals surface area (Å²) in [5.74, 6) is -0.738. The summed E-state index contributed by atoms with van der Waals surface area (Å²) in [6.07, 6.45) is 2.87. The van der Waals surface area contributed by atoms with E-state index in [4.69, 9.17) is 5.21 Å². The van der Waals surface area contributed by atoms with Crippen molar-refractivity contribution in [2.45, 2.75) is 58.9 Å². The molecule has 0 spiro atoms. The molecule has 148 valence electrons. The molecule has 3 N–H and O–H groups in total. The molecular formula is C20H29N3O4. The minimum Gasteiger partial charge on any atom is -0.340 e. The molecule has 1 atom stereocenters. The highest BCUT2D eigenvalue weighted by atomic mass is 16.5. The molecule has 0 saturated heterocycles. The molecule has 7 nitrogen and oxygen atoms in total. The molecule has 7 heteroatoms. The highest BCUT2D eigenvalue weighted by Gasteiger charge is 2.35. The van der Waals surface area contributed by atoms with Crippen LogP contribution in [0.1, 0.15) is 63.2 Å². The van der Waals surface area contributed by atoms with Crippen LogP contribution in [-0.4, -0.2) is 35.5 Å². The molecular weight excluding hydrogens is 346 g/mol. The molecule has 1 aromatic carbocycles. The summed E-state index contributed by atoms with van der Waals surface area (Å²) in [6, 6.07) is 6.58. The second-order valence-electron chi connectivity index (χ2n) is 8.14. The van der Waals surface area contributed by atoms with Crippen LogP contribution in [0.3, 0.4) is 0 Å². The first-order valence-electron chi connectivity index (χ1n) is 9.37. The Hall–Kier alpha value is -2.41. The number of hydrogen-bond acceptors (Lipinski definition) is 4. The third-order valence-corrected chi connectivity index (χ3v) is 4.54. The zero-order valence-electron chi connectivity index (χ0n) is 16.2. The fraction of sp³-hybridized carbons (Fsp3) is 0.550. The number of amides is 3. The number of carbonyl (C=O) groups is 3. The van der Waals surface area contributed by atoms with E-state index in [1.165, 1.54) is 0 Å². The Balaban J connectivity index is 2.14. The summed E-state index contributed by atoms with van der Waals surface area (Å²) in [6.45, 7) is 6.61. The van der Waals surface area contributed by atoms with Crippen molar-refractivity contribution >= 4 is 23.4 Å². The topological polar surface area (TPSA) is 98.7 Å². The first-order valence-corrected chi connectivity index (χ1v) is 9.37. The fourth-order valence-corrected chi connectivity index (χ4v) is 3.28. The lowest BCUT2D eigenvalue weighted by Gasteiger charge is -2.29. The van der Waals surface area contributed by atoms with E-state index in [0.29, 0.717) is 37.1 Å². The van der Waals surface area contributed by atoms with E-state index in [1.54, 1.807) is 28.6 Å². The maximum absolute atomic E-state index is 13.2. The quantitative estimate of drug-likeness (QED) is 0.388. The van der Waals surface area contributed by atoms with Gasteiger partial charge in [-0.1, -0.05) is 39.3 Å². The SMILES string of the molecule is CC(C)(C)CC1NC(=O)c2ccccc2N(CCCCCC(=O)NO)C1=O. The summed E-state index contributed by atoms with van der Waals surface area (Å²) in [7, 11) is 0. The molecule has 1 aliphatic rings. The van der Waals surface area contributed by atoms with Crippen LogP contribution < -0.4 is 15.7 Å². The molecule has 0 fully saturated rings. The minimum absolute atomic E-state index is 0.101. The fourth-order valence-electron chi connectivity index (χ4n) is 3.28. The smallest absolute Gasteiger partial charge is 0.254 e. The van der Waals surface area contributed by atoms with Crippen LogP contribution in [0.5, 0.6) is 0 Å². The standard InChI is InChI=1S/C20H29N3O4/c1-20(2,3)13-15-19(26)23(12-8-4-5-11-17(24)22-27)16-10-7-6-9-14(16)18(25)21-15/h6-7,9-10,15,27H,4-5,8,11-13H2,1-3H3,(H,21,25)(H,22,24). The number of fused-ring (bicyclic) bond motifs is 1. The molecule has 1 aromatic rings. The van der Waals surface area contributed by atoms with Crippen LogP contribution >= 0.6 is 0 Å². The van der Waals surface area contributed by atoms with Gasteiger partial charge in [-0.3, -0.25) is 19.6 Å². The number of hydrogen-bond donors (Lipinski definition) is 3. The Bertz CT molecular complexity index is 697. The number of unbranched alkanes of at least 4 members (excludes halogenated alkanes) is 2. The normalized spacial score (nSPS) is 17.2. The van der Waals surface area contributed by atoms with E-state index in [2.05, 4.69) is 5.32 Å². The van der Waals surface area contributed by atoms with Gasteiger partial charge in [0.1, 0.15) is 6.04 Å². The van der Waals surface area contributed by atoms with Crippen LogP contribution in [0.25, 0.3) is 0 Å². The van der Waals surface area contributed by atoms with Gasteiger partial charge in [-0.2, -0.15) is 0 Å². The van der Waals surface area contributed by atoms with Crippen molar-refractivity contribution in [2.24, 2.45) is 5.41 Å². The Morgan fingerprint density at radius 2 is 1.89 bits per heavy atom. The number of anilines is 1. The number of benzene rings is 1. The van der Waals surface area contributed by atoms with E-state index >= 15 is 0 Å². The lowest BCUT2D eigenvalue weighted by Crippen LogP contribution is -2.47. The van der Waals surface area contributed by atoms with Gasteiger partial charge in [-0.05, 0) is 36.8 Å². The molecule has 0 bridgehead atoms. The minimum atomic E-state index is -0.565. The predicted molar refractivity (Wildman–Crippen MR) is 103 cm³/mol. The van der Waals surface area contributed by atoms with Crippen molar-refractivity contribution < 1.29 is 19.6 Å². The van der Waals surface area contributed by atoms with E-state index in [-0.39, 0.29) is 23.7 Å². The summed E-state index contributed by atoms with van der Waals surface area (Å²) >= 11 is 0. The second-order valence-corrected chi connectivity index (χ2v) is 8.14. The molecule has 0 aliphatic carbocycles. The summed E-state index contributed by atoms with van der Waals surface area (Å²) < 4.78 is 0. The number of hydroxylamine groups is 1. The van der Waals surface area contributed by atoms with Crippen molar-refractivity contribution in [1.82, 2.24) is 10.8 Å². The van der Waals surface area contributed by atoms with Gasteiger partial charge in [-0.15, -0.1) is 0 Å². The zero-order chi connectivity index (χ0) is 20.0. The average molecular weight is 375 g/mol. The van der Waals surface area contributed by atoms with Crippen LogP contribution in [0, 0.1) is 5.41 Å². The average Bonchev–Trinajstić information content (AvgIpc) is 2.70. The summed E-state index contributed by atoms with van der Waals surface area (Å²) in [5.41, 5.74) is 2.64. The summed E-state index contributed by atoms with van der Waals surface area (Å²) in [5, 5.41) is 11.4. The van der Waals surface area contributed by atoms with Gasteiger partial charge in [0, 0.05) is 13.0 Å². The number of nitrogens with zero attached hydrogens (tertiary/aromatic N) is 1.